The number of guanidine groups is 1. The molecular formula is C20H28N4O2. The Kier molecular flexibility index (Phi) is 5.30. The fourth-order valence-electron chi connectivity index (χ4n) is 3.93. The Hall–Kier alpha value is -2.37. The molecule has 0 radical (unpaired) electrons. The number of amides is 2. The first kappa shape index (κ1) is 18.4. The van der Waals surface area contributed by atoms with Crippen LogP contribution < -0.4 is 5.73 Å². The van der Waals surface area contributed by atoms with Crippen molar-refractivity contribution in [3.8, 4) is 0 Å². The second kappa shape index (κ2) is 7.48. The van der Waals surface area contributed by atoms with E-state index < -0.39 is 5.54 Å². The highest BCUT2D eigenvalue weighted by Crippen LogP contribution is 2.35. The minimum absolute atomic E-state index is 0.00692. The van der Waals surface area contributed by atoms with Crippen molar-refractivity contribution in [3.63, 3.8) is 0 Å². The fourth-order valence-corrected chi connectivity index (χ4v) is 3.93. The van der Waals surface area contributed by atoms with E-state index in [9.17, 15) is 9.59 Å². The summed E-state index contributed by atoms with van der Waals surface area (Å²) in [4.78, 5) is 32.9. The van der Waals surface area contributed by atoms with Crippen molar-refractivity contribution in [1.29, 1.82) is 0 Å². The van der Waals surface area contributed by atoms with E-state index in [2.05, 4.69) is 17.1 Å². The van der Waals surface area contributed by atoms with Crippen LogP contribution in [-0.2, 0) is 16.0 Å². The van der Waals surface area contributed by atoms with E-state index in [1.807, 2.05) is 30.0 Å². The zero-order valence-corrected chi connectivity index (χ0v) is 15.6. The van der Waals surface area contributed by atoms with Crippen molar-refractivity contribution in [3.05, 3.63) is 35.9 Å². The van der Waals surface area contributed by atoms with Gasteiger partial charge in [-0.05, 0) is 31.7 Å². The number of likely N-dealkylation sites (tertiary alicyclic amines) is 1. The van der Waals surface area contributed by atoms with Crippen LogP contribution in [0.15, 0.2) is 35.3 Å². The number of piperidine rings is 1. The number of benzene rings is 1. The summed E-state index contributed by atoms with van der Waals surface area (Å²) in [7, 11) is 1.65. The van der Waals surface area contributed by atoms with Crippen LogP contribution in [0.25, 0.3) is 0 Å². The Balaban J connectivity index is 1.63. The van der Waals surface area contributed by atoms with E-state index in [0.29, 0.717) is 19.4 Å². The van der Waals surface area contributed by atoms with Gasteiger partial charge in [-0.1, -0.05) is 30.3 Å². The Labute approximate surface area is 155 Å². The van der Waals surface area contributed by atoms with Crippen molar-refractivity contribution in [2.75, 3.05) is 20.1 Å². The Morgan fingerprint density at radius 3 is 2.77 bits per heavy atom. The zero-order chi connectivity index (χ0) is 18.7. The first-order chi connectivity index (χ1) is 12.4. The number of nitrogens with zero attached hydrogens (tertiary/aromatic N) is 3. The normalized spacial score (nSPS) is 26.6. The molecule has 0 aromatic heterocycles. The fraction of sp³-hybridized carbons (Fsp3) is 0.550. The highest BCUT2D eigenvalue weighted by atomic mass is 16.2. The first-order valence-electron chi connectivity index (χ1n) is 9.32. The number of hydrogen-bond acceptors (Lipinski definition) is 4. The molecule has 140 valence electrons. The predicted octanol–water partition coefficient (Wildman–Crippen LogP) is 1.79. The summed E-state index contributed by atoms with van der Waals surface area (Å²) in [5.74, 6) is 0.607. The van der Waals surface area contributed by atoms with Gasteiger partial charge in [0, 0.05) is 32.5 Å². The van der Waals surface area contributed by atoms with Crippen LogP contribution in [0.5, 0.6) is 0 Å². The molecule has 1 fully saturated rings. The van der Waals surface area contributed by atoms with E-state index in [4.69, 9.17) is 5.73 Å². The Morgan fingerprint density at radius 1 is 1.35 bits per heavy atom. The first-order valence-corrected chi connectivity index (χ1v) is 9.32. The SMILES string of the molecule is CN1C(=O)C[C@@](C)(C2CCCN(C(=O)CCc3ccccc3)C2)N=C1N. The molecule has 26 heavy (non-hydrogen) atoms. The van der Waals surface area contributed by atoms with Gasteiger partial charge in [0.2, 0.25) is 11.8 Å². The molecule has 1 aromatic rings. The molecule has 1 unspecified atom stereocenters. The summed E-state index contributed by atoms with van der Waals surface area (Å²) in [6.45, 7) is 3.43. The zero-order valence-electron chi connectivity index (χ0n) is 15.6. The topological polar surface area (TPSA) is 79.0 Å². The van der Waals surface area contributed by atoms with Gasteiger partial charge >= 0.3 is 0 Å². The molecule has 1 saturated heterocycles. The van der Waals surface area contributed by atoms with Crippen molar-refractivity contribution in [2.24, 2.45) is 16.6 Å². The van der Waals surface area contributed by atoms with Crippen LogP contribution in [0.4, 0.5) is 0 Å². The molecule has 0 saturated carbocycles. The van der Waals surface area contributed by atoms with Crippen LogP contribution in [0.2, 0.25) is 0 Å². The molecule has 2 heterocycles. The Bertz CT molecular complexity index is 703. The maximum Gasteiger partial charge on any atom is 0.231 e. The number of carbonyl (C=O) groups is 2. The summed E-state index contributed by atoms with van der Waals surface area (Å²) in [6, 6.07) is 10.1. The maximum atomic E-state index is 12.7. The molecule has 2 atom stereocenters. The minimum Gasteiger partial charge on any atom is -0.369 e. The van der Waals surface area contributed by atoms with Crippen molar-refractivity contribution in [1.82, 2.24) is 9.80 Å². The van der Waals surface area contributed by atoms with Gasteiger partial charge in [0.05, 0.1) is 12.0 Å². The standard InChI is InChI=1S/C20H28N4O2/c1-20(13-18(26)23(2)19(21)22-20)16-9-6-12-24(14-16)17(25)11-10-15-7-4-3-5-8-15/h3-5,7-8,16H,6,9-14H2,1-2H3,(H2,21,22)/t16?,20-/m0/s1. The van der Waals surface area contributed by atoms with Gasteiger partial charge < -0.3 is 10.6 Å². The van der Waals surface area contributed by atoms with Gasteiger partial charge in [-0.3, -0.25) is 14.5 Å². The summed E-state index contributed by atoms with van der Waals surface area (Å²) in [5.41, 5.74) is 6.59. The summed E-state index contributed by atoms with van der Waals surface area (Å²) in [6.07, 6.45) is 3.53. The van der Waals surface area contributed by atoms with Crippen LogP contribution in [-0.4, -0.2) is 53.2 Å². The number of carbonyl (C=O) groups excluding carboxylic acids is 2. The molecule has 1 aromatic carbocycles. The van der Waals surface area contributed by atoms with E-state index in [1.165, 1.54) is 10.5 Å². The van der Waals surface area contributed by atoms with Gasteiger partial charge in [0.1, 0.15) is 0 Å². The van der Waals surface area contributed by atoms with Crippen LogP contribution >= 0.6 is 0 Å². The molecule has 2 N–H and O–H groups in total. The van der Waals surface area contributed by atoms with Crippen LogP contribution in [0.1, 0.15) is 38.2 Å². The van der Waals surface area contributed by atoms with Gasteiger partial charge in [-0.25, -0.2) is 4.99 Å². The van der Waals surface area contributed by atoms with Gasteiger partial charge in [0.15, 0.2) is 5.96 Å². The molecule has 0 spiro atoms. The third kappa shape index (κ3) is 3.89. The quantitative estimate of drug-likeness (QED) is 0.893. The highest BCUT2D eigenvalue weighted by molar-refractivity contribution is 5.98. The molecule has 2 aliphatic heterocycles. The lowest BCUT2D eigenvalue weighted by Crippen LogP contribution is -2.54. The minimum atomic E-state index is -0.522. The molecule has 6 heteroatoms. The third-order valence-corrected chi connectivity index (χ3v) is 5.72. The molecule has 2 amide bonds. The molecule has 3 rings (SSSR count). The number of aliphatic imine (C=N–C) groups is 1. The van der Waals surface area contributed by atoms with Gasteiger partial charge in [-0.2, -0.15) is 0 Å². The largest absolute Gasteiger partial charge is 0.369 e. The molecule has 0 bridgehead atoms. The van der Waals surface area contributed by atoms with E-state index in [-0.39, 0.29) is 23.7 Å². The van der Waals surface area contributed by atoms with E-state index in [1.54, 1.807) is 7.05 Å². The molecule has 6 nitrogen and oxygen atoms in total. The number of rotatable bonds is 4. The van der Waals surface area contributed by atoms with Crippen molar-refractivity contribution >= 4 is 17.8 Å². The number of hydrogen-bond donors (Lipinski definition) is 1. The van der Waals surface area contributed by atoms with E-state index in [0.717, 1.165) is 25.8 Å². The predicted molar refractivity (Wildman–Crippen MR) is 101 cm³/mol. The monoisotopic (exact) mass is 356 g/mol. The Morgan fingerprint density at radius 2 is 2.08 bits per heavy atom. The van der Waals surface area contributed by atoms with Crippen LogP contribution in [0.3, 0.4) is 0 Å². The third-order valence-electron chi connectivity index (χ3n) is 5.72. The lowest BCUT2D eigenvalue weighted by molar-refractivity contribution is -0.134. The van der Waals surface area contributed by atoms with Crippen molar-refractivity contribution < 1.29 is 9.59 Å². The smallest absolute Gasteiger partial charge is 0.231 e. The van der Waals surface area contributed by atoms with Gasteiger partial charge in [0.25, 0.3) is 0 Å². The second-order valence-corrected chi connectivity index (χ2v) is 7.62. The van der Waals surface area contributed by atoms with E-state index >= 15 is 0 Å². The van der Waals surface area contributed by atoms with Gasteiger partial charge in [-0.15, -0.1) is 0 Å². The van der Waals surface area contributed by atoms with Crippen LogP contribution in [0, 0.1) is 5.92 Å². The summed E-state index contributed by atoms with van der Waals surface area (Å²) in [5, 5.41) is 0. The summed E-state index contributed by atoms with van der Waals surface area (Å²) < 4.78 is 0. The summed E-state index contributed by atoms with van der Waals surface area (Å²) >= 11 is 0. The number of nitrogens with two attached hydrogens (primary N) is 1. The lowest BCUT2D eigenvalue weighted by atomic mass is 9.77. The maximum absolute atomic E-state index is 12.7. The second-order valence-electron chi connectivity index (χ2n) is 7.62. The molecular weight excluding hydrogens is 328 g/mol. The molecule has 0 aliphatic carbocycles. The average molecular weight is 356 g/mol. The number of aryl methyl sites for hydroxylation is 1. The molecule has 2 aliphatic rings. The average Bonchev–Trinajstić information content (AvgIpc) is 2.65. The highest BCUT2D eigenvalue weighted by Gasteiger charge is 2.43. The lowest BCUT2D eigenvalue weighted by Gasteiger charge is -2.43. The van der Waals surface area contributed by atoms with Crippen molar-refractivity contribution in [2.45, 2.75) is 44.6 Å².